The molecule has 0 bridgehead atoms. The van der Waals surface area contributed by atoms with Gasteiger partial charge >= 0.3 is 0 Å². The number of methoxy groups -OCH3 is 1. The Hall–Kier alpha value is -2.45. The highest BCUT2D eigenvalue weighted by Gasteiger charge is 2.29. The number of fused-ring (bicyclic) bond motifs is 1. The number of likely N-dealkylation sites (tertiary alicyclic amines) is 1. The Kier molecular flexibility index (Phi) is 6.10. The van der Waals surface area contributed by atoms with Gasteiger partial charge in [0.05, 0.1) is 20.2 Å². The number of carbonyl (C=O) groups is 1. The summed E-state index contributed by atoms with van der Waals surface area (Å²) >= 11 is 0. The van der Waals surface area contributed by atoms with Gasteiger partial charge in [-0.2, -0.15) is 0 Å². The van der Waals surface area contributed by atoms with Crippen LogP contribution in [0.5, 0.6) is 5.75 Å². The second kappa shape index (κ2) is 8.92. The van der Waals surface area contributed by atoms with Crippen LogP contribution in [0.25, 0.3) is 0 Å². The normalized spacial score (nSPS) is 19.3. The number of ether oxygens (including phenoxy) is 1. The molecule has 0 radical (unpaired) electrons. The smallest absolute Gasteiger partial charge is 0.236 e. The van der Waals surface area contributed by atoms with E-state index < -0.39 is 0 Å². The molecule has 1 fully saturated rings. The van der Waals surface area contributed by atoms with Crippen molar-refractivity contribution >= 4 is 5.91 Å². The molecule has 156 valence electrons. The Labute approximate surface area is 171 Å². The van der Waals surface area contributed by atoms with Crippen LogP contribution in [0, 0.1) is 0 Å². The van der Waals surface area contributed by atoms with E-state index in [-0.39, 0.29) is 11.8 Å². The van der Waals surface area contributed by atoms with Crippen molar-refractivity contribution in [3.63, 3.8) is 0 Å². The molecule has 8 heteroatoms. The summed E-state index contributed by atoms with van der Waals surface area (Å²) in [5.41, 5.74) is 1.17. The molecule has 0 spiro atoms. The monoisotopic (exact) mass is 398 g/mol. The molecule has 2 aliphatic rings. The first-order chi connectivity index (χ1) is 14.1. The number of nitrogens with zero attached hydrogens (tertiary/aromatic N) is 5. The van der Waals surface area contributed by atoms with Crippen LogP contribution < -0.4 is 10.1 Å². The summed E-state index contributed by atoms with van der Waals surface area (Å²) in [6.45, 7) is 5.35. The third-order valence-electron chi connectivity index (χ3n) is 5.81. The second-order valence-corrected chi connectivity index (χ2v) is 8.00. The minimum atomic E-state index is 0.186. The number of likely N-dealkylation sites (N-methyl/N-ethyl adjacent to an activating group) is 1. The minimum Gasteiger partial charge on any atom is -0.497 e. The van der Waals surface area contributed by atoms with Gasteiger partial charge in [0.1, 0.15) is 17.4 Å². The highest BCUT2D eigenvalue weighted by molar-refractivity contribution is 5.78. The van der Waals surface area contributed by atoms with Gasteiger partial charge in [-0.15, -0.1) is 10.2 Å². The molecule has 8 nitrogen and oxygen atoms in total. The SMILES string of the molecule is COc1ccc(CN(C)CC(=O)N2CCC[C@@H](c3nnc4n3CCNC4)C2)cc1. The molecular weight excluding hydrogens is 368 g/mol. The molecule has 1 amide bonds. The Bertz CT molecular complexity index is 834. The van der Waals surface area contributed by atoms with Crippen LogP contribution in [-0.2, 0) is 24.4 Å². The fraction of sp³-hybridized carbons (Fsp3) is 0.571. The molecule has 2 aliphatic heterocycles. The van der Waals surface area contributed by atoms with Crippen LogP contribution in [0.3, 0.4) is 0 Å². The molecule has 1 aromatic carbocycles. The summed E-state index contributed by atoms with van der Waals surface area (Å²) in [5.74, 6) is 3.36. The number of aromatic nitrogens is 3. The van der Waals surface area contributed by atoms with Crippen LogP contribution in [0.4, 0.5) is 0 Å². The fourth-order valence-corrected chi connectivity index (χ4v) is 4.26. The molecule has 3 heterocycles. The van der Waals surface area contributed by atoms with E-state index in [9.17, 15) is 4.79 Å². The maximum absolute atomic E-state index is 12.9. The van der Waals surface area contributed by atoms with E-state index in [1.165, 1.54) is 5.56 Å². The average molecular weight is 399 g/mol. The van der Waals surface area contributed by atoms with Gasteiger partial charge in [-0.05, 0) is 37.6 Å². The zero-order valence-corrected chi connectivity index (χ0v) is 17.3. The number of carbonyl (C=O) groups excluding carboxylic acids is 1. The number of rotatable bonds is 6. The average Bonchev–Trinajstić information content (AvgIpc) is 3.18. The fourth-order valence-electron chi connectivity index (χ4n) is 4.26. The van der Waals surface area contributed by atoms with Gasteiger partial charge in [0.25, 0.3) is 0 Å². The lowest BCUT2D eigenvalue weighted by Crippen LogP contribution is -2.44. The largest absolute Gasteiger partial charge is 0.497 e. The van der Waals surface area contributed by atoms with Gasteiger partial charge in [0.2, 0.25) is 5.91 Å². The number of hydrogen-bond donors (Lipinski definition) is 1. The van der Waals surface area contributed by atoms with Crippen LogP contribution in [0.1, 0.15) is 36.0 Å². The molecule has 1 aromatic heterocycles. The Morgan fingerprint density at radius 1 is 1.28 bits per heavy atom. The minimum absolute atomic E-state index is 0.186. The quantitative estimate of drug-likeness (QED) is 0.789. The first kappa shape index (κ1) is 19.8. The van der Waals surface area contributed by atoms with Crippen molar-refractivity contribution < 1.29 is 9.53 Å². The van der Waals surface area contributed by atoms with E-state index in [2.05, 4.69) is 25.0 Å². The Balaban J connectivity index is 1.34. The van der Waals surface area contributed by atoms with E-state index in [4.69, 9.17) is 4.74 Å². The van der Waals surface area contributed by atoms with E-state index in [1.54, 1.807) is 7.11 Å². The summed E-state index contributed by atoms with van der Waals surface area (Å²) in [6.07, 6.45) is 2.08. The zero-order chi connectivity index (χ0) is 20.2. The third kappa shape index (κ3) is 4.59. The molecular formula is C21H30N6O2. The topological polar surface area (TPSA) is 75.5 Å². The van der Waals surface area contributed by atoms with Crippen LogP contribution in [-0.4, -0.2) is 70.8 Å². The molecule has 1 atom stereocenters. The highest BCUT2D eigenvalue weighted by Crippen LogP contribution is 2.27. The lowest BCUT2D eigenvalue weighted by atomic mass is 9.97. The Morgan fingerprint density at radius 3 is 2.90 bits per heavy atom. The summed E-state index contributed by atoms with van der Waals surface area (Å²) in [5, 5.41) is 12.1. The number of amides is 1. The number of nitrogens with one attached hydrogen (secondary N) is 1. The third-order valence-corrected chi connectivity index (χ3v) is 5.81. The predicted octanol–water partition coefficient (Wildman–Crippen LogP) is 1.23. The van der Waals surface area contributed by atoms with Gasteiger partial charge in [0.15, 0.2) is 0 Å². The van der Waals surface area contributed by atoms with Gasteiger partial charge < -0.3 is 19.5 Å². The lowest BCUT2D eigenvalue weighted by Gasteiger charge is -2.34. The van der Waals surface area contributed by atoms with Crippen molar-refractivity contribution in [3.05, 3.63) is 41.5 Å². The molecule has 0 unspecified atom stereocenters. The molecule has 2 aromatic rings. The maximum atomic E-state index is 12.9. The van der Waals surface area contributed by atoms with Crippen molar-refractivity contribution in [3.8, 4) is 5.75 Å². The standard InChI is InChI=1S/C21H30N6O2/c1-25(13-16-5-7-18(29-2)8-6-16)15-20(28)26-10-3-4-17(14-26)21-24-23-19-12-22-9-11-27(19)21/h5-8,17,22H,3-4,9-15H2,1-2H3/t17-/m1/s1. The van der Waals surface area contributed by atoms with Crippen LogP contribution in [0.15, 0.2) is 24.3 Å². The van der Waals surface area contributed by atoms with Crippen molar-refractivity contribution in [1.82, 2.24) is 29.9 Å². The molecule has 1 saturated heterocycles. The van der Waals surface area contributed by atoms with Crippen LogP contribution >= 0.6 is 0 Å². The first-order valence-corrected chi connectivity index (χ1v) is 10.4. The summed E-state index contributed by atoms with van der Waals surface area (Å²) in [6, 6.07) is 7.99. The number of benzene rings is 1. The van der Waals surface area contributed by atoms with Gasteiger partial charge in [-0.1, -0.05) is 12.1 Å². The molecule has 0 aliphatic carbocycles. The lowest BCUT2D eigenvalue weighted by molar-refractivity contribution is -0.133. The first-order valence-electron chi connectivity index (χ1n) is 10.4. The van der Waals surface area contributed by atoms with E-state index >= 15 is 0 Å². The summed E-state index contributed by atoms with van der Waals surface area (Å²) in [4.78, 5) is 17.0. The molecule has 29 heavy (non-hydrogen) atoms. The second-order valence-electron chi connectivity index (χ2n) is 8.00. The van der Waals surface area contributed by atoms with Crippen molar-refractivity contribution in [1.29, 1.82) is 0 Å². The molecule has 0 saturated carbocycles. The van der Waals surface area contributed by atoms with E-state index in [0.717, 1.165) is 69.5 Å². The summed E-state index contributed by atoms with van der Waals surface area (Å²) in [7, 11) is 3.66. The van der Waals surface area contributed by atoms with Crippen LogP contribution in [0.2, 0.25) is 0 Å². The van der Waals surface area contributed by atoms with E-state index in [1.807, 2.05) is 36.2 Å². The van der Waals surface area contributed by atoms with Gasteiger partial charge in [-0.25, -0.2) is 0 Å². The molecule has 4 rings (SSSR count). The van der Waals surface area contributed by atoms with Gasteiger partial charge in [0, 0.05) is 38.6 Å². The number of piperidine rings is 1. The maximum Gasteiger partial charge on any atom is 0.236 e. The van der Waals surface area contributed by atoms with Crippen molar-refractivity contribution in [2.45, 2.75) is 38.4 Å². The van der Waals surface area contributed by atoms with Gasteiger partial charge in [-0.3, -0.25) is 9.69 Å². The summed E-state index contributed by atoms with van der Waals surface area (Å²) < 4.78 is 7.45. The molecule has 1 N–H and O–H groups in total. The highest BCUT2D eigenvalue weighted by atomic mass is 16.5. The van der Waals surface area contributed by atoms with Crippen molar-refractivity contribution in [2.75, 3.05) is 40.3 Å². The van der Waals surface area contributed by atoms with E-state index in [0.29, 0.717) is 6.54 Å². The predicted molar refractivity (Wildman–Crippen MR) is 110 cm³/mol. The zero-order valence-electron chi connectivity index (χ0n) is 17.3. The number of hydrogen-bond acceptors (Lipinski definition) is 6. The van der Waals surface area contributed by atoms with Crippen molar-refractivity contribution in [2.24, 2.45) is 0 Å². The Morgan fingerprint density at radius 2 is 2.10 bits per heavy atom.